The molecule has 1 aromatic rings. The van der Waals surface area contributed by atoms with Crippen molar-refractivity contribution in [3.8, 4) is 5.75 Å². The summed E-state index contributed by atoms with van der Waals surface area (Å²) in [5.41, 5.74) is 5.75. The zero-order valence-electron chi connectivity index (χ0n) is 9.95. The SMILES string of the molecule is CSCCCNc1snc(N)c1OC(C)C. The number of nitrogens with zero attached hydrogens (tertiary/aromatic N) is 1. The second-order valence-electron chi connectivity index (χ2n) is 3.67. The lowest BCUT2D eigenvalue weighted by Crippen LogP contribution is -2.09. The molecule has 0 aromatic carbocycles. The molecule has 0 saturated carbocycles. The maximum Gasteiger partial charge on any atom is 0.197 e. The molecule has 0 aliphatic heterocycles. The summed E-state index contributed by atoms with van der Waals surface area (Å²) in [6, 6.07) is 0. The minimum atomic E-state index is 0.116. The van der Waals surface area contributed by atoms with Crippen molar-refractivity contribution in [2.45, 2.75) is 26.4 Å². The maximum absolute atomic E-state index is 5.75. The smallest absolute Gasteiger partial charge is 0.197 e. The molecule has 16 heavy (non-hydrogen) atoms. The Kier molecular flexibility index (Phi) is 5.76. The Morgan fingerprint density at radius 1 is 1.56 bits per heavy atom. The van der Waals surface area contributed by atoms with E-state index in [1.54, 1.807) is 0 Å². The lowest BCUT2D eigenvalue weighted by Gasteiger charge is -2.11. The summed E-state index contributed by atoms with van der Waals surface area (Å²) in [6.45, 7) is 4.89. The summed E-state index contributed by atoms with van der Waals surface area (Å²) in [5, 5.41) is 4.25. The van der Waals surface area contributed by atoms with Gasteiger partial charge in [0, 0.05) is 6.54 Å². The Morgan fingerprint density at radius 2 is 2.31 bits per heavy atom. The van der Waals surface area contributed by atoms with Crippen molar-refractivity contribution in [2.24, 2.45) is 0 Å². The van der Waals surface area contributed by atoms with Gasteiger partial charge in [0.15, 0.2) is 16.6 Å². The molecule has 0 bridgehead atoms. The highest BCUT2D eigenvalue weighted by Crippen LogP contribution is 2.35. The van der Waals surface area contributed by atoms with E-state index < -0.39 is 0 Å². The fourth-order valence-electron chi connectivity index (χ4n) is 1.17. The van der Waals surface area contributed by atoms with Gasteiger partial charge in [-0.05, 0) is 43.8 Å². The Morgan fingerprint density at radius 3 is 2.94 bits per heavy atom. The van der Waals surface area contributed by atoms with Crippen molar-refractivity contribution < 1.29 is 4.74 Å². The molecule has 0 atom stereocenters. The van der Waals surface area contributed by atoms with Crippen LogP contribution in [0.5, 0.6) is 5.75 Å². The third kappa shape index (κ3) is 4.09. The van der Waals surface area contributed by atoms with E-state index in [4.69, 9.17) is 10.5 Å². The van der Waals surface area contributed by atoms with Crippen LogP contribution in [0.4, 0.5) is 10.8 Å². The average molecular weight is 261 g/mol. The van der Waals surface area contributed by atoms with Crippen LogP contribution in [0, 0.1) is 0 Å². The number of nitrogens with two attached hydrogens (primary N) is 1. The number of ether oxygens (including phenoxy) is 1. The molecule has 0 radical (unpaired) electrons. The lowest BCUT2D eigenvalue weighted by molar-refractivity contribution is 0.245. The van der Waals surface area contributed by atoms with Gasteiger partial charge in [0.25, 0.3) is 0 Å². The third-order valence-electron chi connectivity index (χ3n) is 1.84. The van der Waals surface area contributed by atoms with Gasteiger partial charge in [-0.15, -0.1) is 0 Å². The van der Waals surface area contributed by atoms with Gasteiger partial charge in [-0.1, -0.05) is 0 Å². The Hall–Kier alpha value is -0.620. The van der Waals surface area contributed by atoms with Gasteiger partial charge in [0.2, 0.25) is 0 Å². The topological polar surface area (TPSA) is 60.2 Å². The number of hydrogen-bond donors (Lipinski definition) is 2. The van der Waals surface area contributed by atoms with Crippen LogP contribution in [0.3, 0.4) is 0 Å². The predicted molar refractivity (Wildman–Crippen MR) is 73.8 cm³/mol. The molecule has 0 unspecified atom stereocenters. The van der Waals surface area contributed by atoms with E-state index in [1.165, 1.54) is 11.5 Å². The molecule has 92 valence electrons. The molecule has 0 amide bonds. The van der Waals surface area contributed by atoms with Gasteiger partial charge in [0.1, 0.15) is 0 Å². The number of rotatable bonds is 7. The largest absolute Gasteiger partial charge is 0.484 e. The fraction of sp³-hybridized carbons (Fsp3) is 0.700. The highest BCUT2D eigenvalue weighted by molar-refractivity contribution is 7.98. The second-order valence-corrected chi connectivity index (χ2v) is 5.42. The second kappa shape index (κ2) is 6.85. The first-order chi connectivity index (χ1) is 7.65. The van der Waals surface area contributed by atoms with Crippen LogP contribution in [0.1, 0.15) is 20.3 Å². The van der Waals surface area contributed by atoms with Gasteiger partial charge < -0.3 is 15.8 Å². The highest BCUT2D eigenvalue weighted by atomic mass is 32.2. The van der Waals surface area contributed by atoms with E-state index >= 15 is 0 Å². The van der Waals surface area contributed by atoms with Crippen LogP contribution >= 0.6 is 23.3 Å². The number of aromatic nitrogens is 1. The quantitative estimate of drug-likeness (QED) is 0.739. The van der Waals surface area contributed by atoms with Crippen molar-refractivity contribution in [1.29, 1.82) is 0 Å². The highest BCUT2D eigenvalue weighted by Gasteiger charge is 2.13. The summed E-state index contributed by atoms with van der Waals surface area (Å²) < 4.78 is 9.72. The predicted octanol–water partition coefficient (Wildman–Crippen LogP) is 2.68. The van der Waals surface area contributed by atoms with E-state index in [0.717, 1.165) is 23.7 Å². The monoisotopic (exact) mass is 261 g/mol. The van der Waals surface area contributed by atoms with E-state index in [9.17, 15) is 0 Å². The number of hydrogen-bond acceptors (Lipinski definition) is 6. The average Bonchev–Trinajstić information content (AvgIpc) is 2.56. The van der Waals surface area contributed by atoms with Gasteiger partial charge >= 0.3 is 0 Å². The van der Waals surface area contributed by atoms with Crippen molar-refractivity contribution >= 4 is 34.1 Å². The minimum Gasteiger partial charge on any atom is -0.484 e. The van der Waals surface area contributed by atoms with Crippen LogP contribution in [0.15, 0.2) is 0 Å². The van der Waals surface area contributed by atoms with E-state index in [-0.39, 0.29) is 6.10 Å². The molecule has 1 aromatic heterocycles. The molecule has 6 heteroatoms. The molecule has 0 fully saturated rings. The molecule has 0 saturated heterocycles. The molecule has 3 N–H and O–H groups in total. The zero-order chi connectivity index (χ0) is 12.0. The number of anilines is 2. The lowest BCUT2D eigenvalue weighted by atomic mass is 10.4. The summed E-state index contributed by atoms with van der Waals surface area (Å²) in [5.74, 6) is 2.33. The Labute approximate surface area is 105 Å². The normalized spacial score (nSPS) is 10.8. The van der Waals surface area contributed by atoms with Crippen molar-refractivity contribution in [2.75, 3.05) is 29.6 Å². The first-order valence-electron chi connectivity index (χ1n) is 5.29. The Balaban J connectivity index is 2.51. The molecule has 0 aliphatic carbocycles. The van der Waals surface area contributed by atoms with Crippen LogP contribution in [0.25, 0.3) is 0 Å². The van der Waals surface area contributed by atoms with Crippen molar-refractivity contribution in [3.63, 3.8) is 0 Å². The van der Waals surface area contributed by atoms with Crippen molar-refractivity contribution in [3.05, 3.63) is 0 Å². The fourth-order valence-corrected chi connectivity index (χ4v) is 2.28. The van der Waals surface area contributed by atoms with Crippen LogP contribution in [-0.4, -0.2) is 29.0 Å². The standard InChI is InChI=1S/C10H19N3OS2/c1-7(2)14-8-9(11)13-16-10(8)12-5-4-6-15-3/h7,12H,4-6H2,1-3H3,(H2,11,13). The van der Waals surface area contributed by atoms with E-state index in [0.29, 0.717) is 11.6 Å². The number of nitrogen functional groups attached to an aromatic ring is 1. The van der Waals surface area contributed by atoms with Gasteiger partial charge in [-0.25, -0.2) is 0 Å². The molecular formula is C10H19N3OS2. The molecule has 1 heterocycles. The molecule has 0 spiro atoms. The summed E-state index contributed by atoms with van der Waals surface area (Å²) in [7, 11) is 0. The Bertz CT molecular complexity index is 315. The van der Waals surface area contributed by atoms with Crippen LogP contribution in [-0.2, 0) is 0 Å². The van der Waals surface area contributed by atoms with E-state index in [1.807, 2.05) is 25.6 Å². The van der Waals surface area contributed by atoms with Gasteiger partial charge in [0.05, 0.1) is 6.10 Å². The number of nitrogens with one attached hydrogen (secondary N) is 1. The molecule has 1 rings (SSSR count). The molecule has 4 nitrogen and oxygen atoms in total. The summed E-state index contributed by atoms with van der Waals surface area (Å²) in [6.07, 6.45) is 3.35. The third-order valence-corrected chi connectivity index (χ3v) is 3.34. The molecular weight excluding hydrogens is 242 g/mol. The summed E-state index contributed by atoms with van der Waals surface area (Å²) in [4.78, 5) is 0. The zero-order valence-corrected chi connectivity index (χ0v) is 11.6. The summed E-state index contributed by atoms with van der Waals surface area (Å²) >= 11 is 3.21. The van der Waals surface area contributed by atoms with E-state index in [2.05, 4.69) is 15.9 Å². The molecule has 0 aliphatic rings. The minimum absolute atomic E-state index is 0.116. The number of thioether (sulfide) groups is 1. The van der Waals surface area contributed by atoms with Gasteiger partial charge in [-0.3, -0.25) is 0 Å². The first kappa shape index (κ1) is 13.4. The van der Waals surface area contributed by atoms with Gasteiger partial charge in [-0.2, -0.15) is 16.1 Å². The van der Waals surface area contributed by atoms with Crippen LogP contribution < -0.4 is 15.8 Å². The van der Waals surface area contributed by atoms with Crippen molar-refractivity contribution in [1.82, 2.24) is 4.37 Å². The first-order valence-corrected chi connectivity index (χ1v) is 7.46. The maximum atomic E-state index is 5.75. The van der Waals surface area contributed by atoms with Crippen LogP contribution in [0.2, 0.25) is 0 Å².